The smallest absolute Gasteiger partial charge is 0.231 e. The number of hydrogen-bond acceptors (Lipinski definition) is 11. The highest BCUT2D eigenvalue weighted by atomic mass is 16.5. The van der Waals surface area contributed by atoms with Crippen molar-refractivity contribution in [2.45, 2.75) is 39.9 Å². The number of benzene rings is 2. The zero-order valence-electron chi connectivity index (χ0n) is 28.9. The first-order valence-electron chi connectivity index (χ1n) is 16.2. The second-order valence-corrected chi connectivity index (χ2v) is 12.7. The minimum atomic E-state index is 0.0947. The summed E-state index contributed by atoms with van der Waals surface area (Å²) in [5, 5.41) is 7.89. The fraction of sp³-hybridized carbons (Fsp3) is 0.361. The van der Waals surface area contributed by atoms with E-state index in [1.807, 2.05) is 49.6 Å². The highest BCUT2D eigenvalue weighted by Crippen LogP contribution is 2.40. The summed E-state index contributed by atoms with van der Waals surface area (Å²) in [6.45, 7) is 10.1. The predicted octanol–water partition coefficient (Wildman–Crippen LogP) is 6.82. The van der Waals surface area contributed by atoms with Crippen molar-refractivity contribution < 1.29 is 9.47 Å². The van der Waals surface area contributed by atoms with Gasteiger partial charge in [0.25, 0.3) is 0 Å². The predicted molar refractivity (Wildman–Crippen MR) is 197 cm³/mol. The number of morpholine rings is 1. The molecule has 1 saturated heterocycles. The van der Waals surface area contributed by atoms with Gasteiger partial charge in [0.05, 0.1) is 47.3 Å². The van der Waals surface area contributed by atoms with Crippen LogP contribution in [0.5, 0.6) is 5.75 Å². The lowest BCUT2D eigenvalue weighted by Gasteiger charge is -2.38. The van der Waals surface area contributed by atoms with Gasteiger partial charge in [-0.25, -0.2) is 0 Å². The maximum atomic E-state index is 6.07. The third kappa shape index (κ3) is 6.75. The van der Waals surface area contributed by atoms with E-state index in [0.717, 1.165) is 63.4 Å². The number of aromatic nitrogens is 5. The fourth-order valence-electron chi connectivity index (χ4n) is 6.32. The number of nitrogens with one attached hydrogen (secondary N) is 3. The first-order valence-corrected chi connectivity index (χ1v) is 16.2. The minimum Gasteiger partial charge on any atom is -0.494 e. The molecule has 2 atom stereocenters. The van der Waals surface area contributed by atoms with E-state index in [2.05, 4.69) is 81.4 Å². The third-order valence-corrected chi connectivity index (χ3v) is 8.15. The van der Waals surface area contributed by atoms with Gasteiger partial charge in [0.15, 0.2) is 0 Å². The van der Waals surface area contributed by atoms with E-state index in [4.69, 9.17) is 19.4 Å². The average Bonchev–Trinajstić information content (AvgIpc) is 3.52. The Bertz CT molecular complexity index is 1970. The second-order valence-electron chi connectivity index (χ2n) is 12.7. The Morgan fingerprint density at radius 3 is 2.54 bits per heavy atom. The minimum absolute atomic E-state index is 0.0947. The highest BCUT2D eigenvalue weighted by Gasteiger charge is 2.27. The summed E-state index contributed by atoms with van der Waals surface area (Å²) in [6.07, 6.45) is 9.60. The van der Waals surface area contributed by atoms with Crippen LogP contribution in [0.3, 0.4) is 0 Å². The standard InChI is InChI=1S/C36H44N10O2/c1-21(2)15-24(18-37-5)26-16-29(31(47-8)17-30(26)46-19-22(3)48-23(4)20-46)42-36-43-34-25(11-12-40-34)35(44-36)41-28-10-9-27-32(33(28)45(6)7)39-14-13-38-27/h9-18,21-23H,19-20H2,1-8H3,(H3,40,41,42,43,44)/b24-15+,37-18?/t22-,23+. The Hall–Kier alpha value is -5.23. The number of aromatic amines is 1. The number of rotatable bonds is 10. The van der Waals surface area contributed by atoms with Crippen LogP contribution in [0.15, 0.2) is 60.0 Å². The Morgan fingerprint density at radius 2 is 1.83 bits per heavy atom. The van der Waals surface area contributed by atoms with Gasteiger partial charge >= 0.3 is 0 Å². The topological polar surface area (TPSA) is 129 Å². The van der Waals surface area contributed by atoms with Crippen molar-refractivity contribution in [3.63, 3.8) is 0 Å². The molecule has 5 aromatic rings. The summed E-state index contributed by atoms with van der Waals surface area (Å²) in [5.41, 5.74) is 7.91. The Morgan fingerprint density at radius 1 is 1.06 bits per heavy atom. The van der Waals surface area contributed by atoms with Gasteiger partial charge in [-0.15, -0.1) is 0 Å². The molecule has 250 valence electrons. The zero-order valence-corrected chi connectivity index (χ0v) is 28.9. The number of fused-ring (bicyclic) bond motifs is 2. The number of H-pyrrole nitrogens is 1. The number of hydrogen-bond donors (Lipinski definition) is 3. The van der Waals surface area contributed by atoms with Crippen molar-refractivity contribution in [2.24, 2.45) is 10.9 Å². The largest absolute Gasteiger partial charge is 0.494 e. The molecule has 0 spiro atoms. The molecule has 12 nitrogen and oxygen atoms in total. The van der Waals surface area contributed by atoms with Crippen LogP contribution in [0.25, 0.3) is 27.6 Å². The quantitative estimate of drug-likeness (QED) is 0.139. The maximum Gasteiger partial charge on any atom is 0.231 e. The van der Waals surface area contributed by atoms with E-state index in [1.54, 1.807) is 26.6 Å². The van der Waals surface area contributed by atoms with E-state index in [9.17, 15) is 0 Å². The molecule has 3 N–H and O–H groups in total. The summed E-state index contributed by atoms with van der Waals surface area (Å²) in [4.78, 5) is 31.0. The molecular formula is C36H44N10O2. The average molecular weight is 649 g/mol. The monoisotopic (exact) mass is 648 g/mol. The van der Waals surface area contributed by atoms with Crippen molar-refractivity contribution in [3.8, 4) is 5.75 Å². The molecule has 0 amide bonds. The highest BCUT2D eigenvalue weighted by molar-refractivity contribution is 6.12. The van der Waals surface area contributed by atoms with Gasteiger partial charge in [-0.05, 0) is 49.6 Å². The molecule has 12 heteroatoms. The first kappa shape index (κ1) is 32.7. The summed E-state index contributed by atoms with van der Waals surface area (Å²) in [7, 11) is 7.46. The second kappa shape index (κ2) is 13.9. The SMILES string of the molecule is CN=C/C(=C\C(C)C)c1cc(Nc2nc(Nc3ccc4nccnc4c3N(C)C)c3cc[nH]c3n2)c(OC)cc1N1C[C@@H](C)O[C@@H](C)C1. The number of methoxy groups -OCH3 is 1. The fourth-order valence-corrected chi connectivity index (χ4v) is 6.32. The molecule has 0 radical (unpaired) electrons. The number of anilines is 6. The van der Waals surface area contributed by atoms with Crippen LogP contribution in [0, 0.1) is 5.92 Å². The lowest BCUT2D eigenvalue weighted by Crippen LogP contribution is -2.45. The molecule has 0 saturated carbocycles. The Balaban J connectivity index is 1.45. The normalized spacial score (nSPS) is 17.1. The third-order valence-electron chi connectivity index (χ3n) is 8.15. The molecule has 0 unspecified atom stereocenters. The molecule has 3 aromatic heterocycles. The molecule has 48 heavy (non-hydrogen) atoms. The molecule has 1 fully saturated rings. The van der Waals surface area contributed by atoms with Crippen LogP contribution >= 0.6 is 0 Å². The van der Waals surface area contributed by atoms with E-state index in [-0.39, 0.29) is 12.2 Å². The zero-order chi connectivity index (χ0) is 33.9. The number of nitrogens with zero attached hydrogens (tertiary/aromatic N) is 7. The van der Waals surface area contributed by atoms with Gasteiger partial charge in [0.1, 0.15) is 22.7 Å². The number of ether oxygens (including phenoxy) is 2. The maximum absolute atomic E-state index is 6.07. The molecular weight excluding hydrogens is 604 g/mol. The van der Waals surface area contributed by atoms with Crippen LogP contribution in [-0.4, -0.2) is 84.7 Å². The molecule has 1 aliphatic heterocycles. The van der Waals surface area contributed by atoms with Gasteiger partial charge in [-0.2, -0.15) is 9.97 Å². The number of allylic oxidation sites excluding steroid dienone is 2. The summed E-state index contributed by atoms with van der Waals surface area (Å²) < 4.78 is 12.1. The van der Waals surface area contributed by atoms with Crippen molar-refractivity contribution in [2.75, 3.05) is 61.8 Å². The van der Waals surface area contributed by atoms with E-state index in [1.165, 1.54) is 0 Å². The van der Waals surface area contributed by atoms with Crippen LogP contribution in [0.2, 0.25) is 0 Å². The summed E-state index contributed by atoms with van der Waals surface area (Å²) in [5.74, 6) is 2.03. The summed E-state index contributed by atoms with van der Waals surface area (Å²) in [6, 6.07) is 10.1. The molecule has 4 heterocycles. The lowest BCUT2D eigenvalue weighted by molar-refractivity contribution is -0.00523. The van der Waals surface area contributed by atoms with Gasteiger partial charge in [-0.1, -0.05) is 19.9 Å². The van der Waals surface area contributed by atoms with Crippen molar-refractivity contribution in [1.82, 2.24) is 24.9 Å². The molecule has 1 aliphatic rings. The van der Waals surface area contributed by atoms with Crippen molar-refractivity contribution in [3.05, 3.63) is 60.6 Å². The van der Waals surface area contributed by atoms with Gasteiger partial charge in [0, 0.05) is 76.4 Å². The van der Waals surface area contributed by atoms with Gasteiger partial charge < -0.3 is 34.9 Å². The van der Waals surface area contributed by atoms with Crippen molar-refractivity contribution >= 4 is 68.4 Å². The van der Waals surface area contributed by atoms with Crippen molar-refractivity contribution in [1.29, 1.82) is 0 Å². The van der Waals surface area contributed by atoms with Crippen LogP contribution in [0.1, 0.15) is 33.3 Å². The summed E-state index contributed by atoms with van der Waals surface area (Å²) >= 11 is 0. The van der Waals surface area contributed by atoms with E-state index in [0.29, 0.717) is 29.1 Å². The van der Waals surface area contributed by atoms with Gasteiger partial charge in [0.2, 0.25) is 5.95 Å². The lowest BCUT2D eigenvalue weighted by atomic mass is 9.98. The van der Waals surface area contributed by atoms with Crippen LogP contribution in [0.4, 0.5) is 34.5 Å². The van der Waals surface area contributed by atoms with E-state index < -0.39 is 0 Å². The first-order chi connectivity index (χ1) is 23.1. The molecule has 2 aromatic carbocycles. The van der Waals surface area contributed by atoms with Gasteiger partial charge in [-0.3, -0.25) is 15.0 Å². The van der Waals surface area contributed by atoms with Crippen LogP contribution < -0.4 is 25.2 Å². The number of aliphatic imine (C=N–C) groups is 1. The Labute approximate surface area is 281 Å². The molecule has 0 bridgehead atoms. The van der Waals surface area contributed by atoms with Crippen LogP contribution in [-0.2, 0) is 4.74 Å². The Kier molecular flexibility index (Phi) is 9.44. The van der Waals surface area contributed by atoms with E-state index >= 15 is 0 Å². The molecule has 6 rings (SSSR count). The molecule has 0 aliphatic carbocycles.